The van der Waals surface area contributed by atoms with E-state index in [0.717, 1.165) is 55.5 Å². The van der Waals surface area contributed by atoms with Crippen LogP contribution in [-0.2, 0) is 0 Å². The Morgan fingerprint density at radius 1 is 0.396 bits per heavy atom. The van der Waals surface area contributed by atoms with Crippen LogP contribution in [0.25, 0.3) is 76.2 Å². The second-order valence-corrected chi connectivity index (χ2v) is 12.4. The van der Waals surface area contributed by atoms with Gasteiger partial charge in [-0.1, -0.05) is 146 Å². The number of hydrogen-bond acceptors (Lipinski definition) is 2. The van der Waals surface area contributed by atoms with Crippen LogP contribution in [0.4, 0.5) is 17.1 Å². The van der Waals surface area contributed by atoms with E-state index in [0.29, 0.717) is 0 Å². The van der Waals surface area contributed by atoms with Crippen LogP contribution in [0.5, 0.6) is 0 Å². The summed E-state index contributed by atoms with van der Waals surface area (Å²) in [6.45, 7) is 0. The first kappa shape index (κ1) is 26.8. The first-order valence-corrected chi connectivity index (χ1v) is 16.4. The van der Waals surface area contributed by atoms with Crippen LogP contribution in [0.3, 0.4) is 0 Å². The number of nitrogens with zero attached hydrogens (tertiary/aromatic N) is 1. The van der Waals surface area contributed by atoms with Crippen molar-refractivity contribution in [3.63, 3.8) is 0 Å². The Morgan fingerprint density at radius 3 is 1.67 bits per heavy atom. The molecule has 0 saturated heterocycles. The van der Waals surface area contributed by atoms with Crippen molar-refractivity contribution in [1.82, 2.24) is 0 Å². The SMILES string of the molecule is c1ccc(-c2ccc3oc4c5ccccc5c5ccccc5c4c3c2N(c2ccccc2)c2cc3ccccc3c3ccccc23)cc1. The molecule has 224 valence electrons. The van der Waals surface area contributed by atoms with Gasteiger partial charge >= 0.3 is 0 Å². The summed E-state index contributed by atoms with van der Waals surface area (Å²) in [5.74, 6) is 0. The normalized spacial score (nSPS) is 11.8. The molecule has 0 atom stereocenters. The molecule has 9 aromatic carbocycles. The molecule has 48 heavy (non-hydrogen) atoms. The third kappa shape index (κ3) is 3.93. The fourth-order valence-corrected chi connectivity index (χ4v) is 7.74. The van der Waals surface area contributed by atoms with Gasteiger partial charge in [0.1, 0.15) is 11.2 Å². The van der Waals surface area contributed by atoms with E-state index in [2.05, 4.69) is 181 Å². The van der Waals surface area contributed by atoms with Crippen LogP contribution in [0.2, 0.25) is 0 Å². The molecule has 0 unspecified atom stereocenters. The maximum atomic E-state index is 6.96. The van der Waals surface area contributed by atoms with Crippen molar-refractivity contribution in [2.24, 2.45) is 0 Å². The van der Waals surface area contributed by atoms with Gasteiger partial charge in [-0.25, -0.2) is 0 Å². The van der Waals surface area contributed by atoms with Crippen molar-refractivity contribution in [2.45, 2.75) is 0 Å². The van der Waals surface area contributed by atoms with Crippen molar-refractivity contribution in [3.8, 4) is 11.1 Å². The Balaban J connectivity index is 1.46. The maximum Gasteiger partial charge on any atom is 0.143 e. The smallest absolute Gasteiger partial charge is 0.143 e. The highest BCUT2D eigenvalue weighted by atomic mass is 16.3. The summed E-state index contributed by atoms with van der Waals surface area (Å²) >= 11 is 0. The molecule has 0 amide bonds. The third-order valence-electron chi connectivity index (χ3n) is 9.80. The molecule has 2 heteroatoms. The minimum atomic E-state index is 0.868. The Bertz CT molecular complexity index is 2830. The van der Waals surface area contributed by atoms with Crippen molar-refractivity contribution >= 4 is 82.1 Å². The molecule has 0 bridgehead atoms. The van der Waals surface area contributed by atoms with Crippen LogP contribution in [0, 0.1) is 0 Å². The lowest BCUT2D eigenvalue weighted by molar-refractivity contribution is 0.673. The standard InChI is InChI=1S/C46H29NO/c1-3-15-30(16-4-1)34-27-28-42-44(43-39-25-13-10-22-36(39)37-23-11-14-26-40(37)46(43)48-42)45(34)47(32-18-5-2-6-19-32)41-29-31-17-7-8-20-33(31)35-21-9-12-24-38(35)41/h1-29H. The van der Waals surface area contributed by atoms with E-state index in [9.17, 15) is 0 Å². The number of anilines is 3. The number of furan rings is 1. The second kappa shape index (κ2) is 10.6. The molecule has 10 rings (SSSR count). The van der Waals surface area contributed by atoms with E-state index < -0.39 is 0 Å². The summed E-state index contributed by atoms with van der Waals surface area (Å²) < 4.78 is 6.96. The van der Waals surface area contributed by atoms with Gasteiger partial charge in [-0.15, -0.1) is 0 Å². The minimum absolute atomic E-state index is 0.868. The fourth-order valence-electron chi connectivity index (χ4n) is 7.74. The molecule has 1 aromatic heterocycles. The molecule has 0 aliphatic carbocycles. The molecule has 0 fully saturated rings. The first-order chi connectivity index (χ1) is 23.8. The molecular formula is C46H29NO. The van der Waals surface area contributed by atoms with Crippen LogP contribution in [0.15, 0.2) is 180 Å². The molecule has 10 aromatic rings. The minimum Gasteiger partial charge on any atom is -0.455 e. The molecule has 0 N–H and O–H groups in total. The van der Waals surface area contributed by atoms with Crippen molar-refractivity contribution in [1.29, 1.82) is 0 Å². The number of para-hydroxylation sites is 1. The van der Waals surface area contributed by atoms with Crippen LogP contribution in [-0.4, -0.2) is 0 Å². The van der Waals surface area contributed by atoms with Gasteiger partial charge in [-0.3, -0.25) is 0 Å². The first-order valence-electron chi connectivity index (χ1n) is 16.4. The van der Waals surface area contributed by atoms with Crippen LogP contribution >= 0.6 is 0 Å². The van der Waals surface area contributed by atoms with E-state index >= 15 is 0 Å². The third-order valence-corrected chi connectivity index (χ3v) is 9.80. The number of rotatable bonds is 4. The van der Waals surface area contributed by atoms with Crippen molar-refractivity contribution in [2.75, 3.05) is 4.90 Å². The summed E-state index contributed by atoms with van der Waals surface area (Å²) in [6, 6.07) is 63.2. The highest BCUT2D eigenvalue weighted by Gasteiger charge is 2.27. The van der Waals surface area contributed by atoms with Crippen LogP contribution < -0.4 is 4.90 Å². The lowest BCUT2D eigenvalue weighted by Crippen LogP contribution is -2.12. The van der Waals surface area contributed by atoms with Gasteiger partial charge in [0, 0.05) is 27.4 Å². The number of fused-ring (bicyclic) bond motifs is 11. The molecular weight excluding hydrogens is 583 g/mol. The van der Waals surface area contributed by atoms with Gasteiger partial charge in [0.15, 0.2) is 0 Å². The van der Waals surface area contributed by atoms with E-state index in [-0.39, 0.29) is 0 Å². The van der Waals surface area contributed by atoms with Crippen LogP contribution in [0.1, 0.15) is 0 Å². The molecule has 2 nitrogen and oxygen atoms in total. The maximum absolute atomic E-state index is 6.96. The summed E-state index contributed by atoms with van der Waals surface area (Å²) in [5, 5.41) is 11.9. The average molecular weight is 612 g/mol. The highest BCUT2D eigenvalue weighted by Crippen LogP contribution is 2.52. The van der Waals surface area contributed by atoms with E-state index in [1.54, 1.807) is 0 Å². The summed E-state index contributed by atoms with van der Waals surface area (Å²) in [7, 11) is 0. The second-order valence-electron chi connectivity index (χ2n) is 12.4. The summed E-state index contributed by atoms with van der Waals surface area (Å²) in [6.07, 6.45) is 0. The van der Waals surface area contributed by atoms with Crippen molar-refractivity contribution < 1.29 is 4.42 Å². The zero-order valence-electron chi connectivity index (χ0n) is 26.1. The topological polar surface area (TPSA) is 16.4 Å². The Hall–Kier alpha value is -6.38. The molecule has 0 radical (unpaired) electrons. The lowest BCUT2D eigenvalue weighted by Gasteiger charge is -2.30. The van der Waals surface area contributed by atoms with Gasteiger partial charge in [-0.05, 0) is 68.2 Å². The van der Waals surface area contributed by atoms with Gasteiger partial charge in [0.2, 0.25) is 0 Å². The van der Waals surface area contributed by atoms with Gasteiger partial charge < -0.3 is 9.32 Å². The van der Waals surface area contributed by atoms with Gasteiger partial charge in [0.25, 0.3) is 0 Å². The Kier molecular flexibility index (Phi) is 5.91. The highest BCUT2D eigenvalue weighted by molar-refractivity contribution is 6.33. The monoisotopic (exact) mass is 611 g/mol. The largest absolute Gasteiger partial charge is 0.455 e. The molecule has 0 spiro atoms. The predicted octanol–water partition coefficient (Wildman–Crippen LogP) is 13.3. The van der Waals surface area contributed by atoms with Crippen molar-refractivity contribution in [3.05, 3.63) is 176 Å². The van der Waals surface area contributed by atoms with E-state index in [4.69, 9.17) is 4.42 Å². The number of benzene rings is 9. The molecule has 0 aliphatic heterocycles. The Morgan fingerprint density at radius 2 is 0.938 bits per heavy atom. The summed E-state index contributed by atoms with van der Waals surface area (Å²) in [4.78, 5) is 2.47. The van der Waals surface area contributed by atoms with Gasteiger partial charge in [0.05, 0.1) is 16.8 Å². The summed E-state index contributed by atoms with van der Waals surface area (Å²) in [5.41, 5.74) is 7.39. The van der Waals surface area contributed by atoms with E-state index in [1.807, 2.05) is 0 Å². The molecule has 0 saturated carbocycles. The van der Waals surface area contributed by atoms with E-state index in [1.165, 1.54) is 37.7 Å². The molecule has 1 heterocycles. The predicted molar refractivity (Wildman–Crippen MR) is 204 cm³/mol. The fraction of sp³-hybridized carbons (Fsp3) is 0. The Labute approximate surface area is 277 Å². The average Bonchev–Trinajstić information content (AvgIpc) is 3.56. The van der Waals surface area contributed by atoms with Gasteiger partial charge in [-0.2, -0.15) is 0 Å². The molecule has 0 aliphatic rings. The number of hydrogen-bond donors (Lipinski definition) is 0. The zero-order chi connectivity index (χ0) is 31.6. The quantitative estimate of drug-likeness (QED) is 0.184. The zero-order valence-corrected chi connectivity index (χ0v) is 26.1. The lowest BCUT2D eigenvalue weighted by atomic mass is 9.93.